The van der Waals surface area contributed by atoms with E-state index >= 15 is 0 Å². The summed E-state index contributed by atoms with van der Waals surface area (Å²) in [6, 6.07) is 15.1. The van der Waals surface area contributed by atoms with E-state index in [2.05, 4.69) is 15.3 Å². The van der Waals surface area contributed by atoms with Crippen molar-refractivity contribution in [2.24, 2.45) is 0 Å². The summed E-state index contributed by atoms with van der Waals surface area (Å²) in [5.74, 6) is 0.429. The molecule has 1 amide bonds. The summed E-state index contributed by atoms with van der Waals surface area (Å²) < 4.78 is 30.5. The number of carbonyl (C=O) groups excluding carboxylic acids is 1. The summed E-state index contributed by atoms with van der Waals surface area (Å²) in [7, 11) is 0.985. The van der Waals surface area contributed by atoms with Gasteiger partial charge in [-0.1, -0.05) is 0 Å². The molecule has 1 aromatic heterocycles. The monoisotopic (exact) mass is 426 g/mol. The summed E-state index contributed by atoms with van der Waals surface area (Å²) in [6.07, 6.45) is 1.45. The van der Waals surface area contributed by atoms with Crippen LogP contribution in [0.2, 0.25) is 0 Å². The molecule has 0 unspecified atom stereocenters. The number of nitrogens with zero attached hydrogens (tertiary/aromatic N) is 3. The van der Waals surface area contributed by atoms with Gasteiger partial charge in [-0.15, -0.1) is 0 Å². The van der Waals surface area contributed by atoms with Crippen LogP contribution in [0.5, 0.6) is 5.75 Å². The van der Waals surface area contributed by atoms with Crippen molar-refractivity contribution in [2.75, 3.05) is 21.2 Å². The summed E-state index contributed by atoms with van der Waals surface area (Å²) >= 11 is 0. The van der Waals surface area contributed by atoms with E-state index < -0.39 is 10.0 Å². The Bertz CT molecular complexity index is 1130. The van der Waals surface area contributed by atoms with Crippen molar-refractivity contribution in [3.8, 4) is 17.0 Å². The maximum atomic E-state index is 12.4. The van der Waals surface area contributed by atoms with Crippen LogP contribution in [0.4, 0.5) is 0 Å². The van der Waals surface area contributed by atoms with Gasteiger partial charge in [0.25, 0.3) is 5.91 Å². The number of nitrogens with one attached hydrogen (secondary N) is 1. The fraction of sp³-hybridized carbons (Fsp3) is 0.190. The molecule has 2 aromatic carbocycles. The van der Waals surface area contributed by atoms with Crippen molar-refractivity contribution in [3.05, 3.63) is 72.2 Å². The number of hydrogen-bond donors (Lipinski definition) is 1. The smallest absolute Gasteiger partial charge is 0.251 e. The van der Waals surface area contributed by atoms with Gasteiger partial charge in [0, 0.05) is 25.2 Å². The van der Waals surface area contributed by atoms with E-state index in [0.29, 0.717) is 11.3 Å². The molecule has 8 nitrogen and oxygen atoms in total. The molecule has 0 saturated carbocycles. The van der Waals surface area contributed by atoms with E-state index in [1.54, 1.807) is 13.2 Å². The second kappa shape index (κ2) is 9.02. The summed E-state index contributed by atoms with van der Waals surface area (Å²) in [5.41, 5.74) is 2.65. The molecule has 0 aliphatic carbocycles. The van der Waals surface area contributed by atoms with Crippen LogP contribution >= 0.6 is 0 Å². The lowest BCUT2D eigenvalue weighted by Crippen LogP contribution is -2.24. The number of rotatable bonds is 7. The number of benzene rings is 2. The molecule has 9 heteroatoms. The normalized spacial score (nSPS) is 11.3. The van der Waals surface area contributed by atoms with Gasteiger partial charge in [0.1, 0.15) is 12.1 Å². The average Bonchev–Trinajstić information content (AvgIpc) is 2.77. The lowest BCUT2D eigenvalue weighted by atomic mass is 10.1. The molecular formula is C21H22N4O4S. The lowest BCUT2D eigenvalue weighted by Gasteiger charge is -2.11. The first kappa shape index (κ1) is 21.4. The molecule has 0 atom stereocenters. The van der Waals surface area contributed by atoms with Gasteiger partial charge in [-0.25, -0.2) is 22.7 Å². The number of methoxy groups -OCH3 is 1. The topological polar surface area (TPSA) is 101 Å². The van der Waals surface area contributed by atoms with Crippen molar-refractivity contribution in [1.29, 1.82) is 0 Å². The maximum absolute atomic E-state index is 12.4. The van der Waals surface area contributed by atoms with Gasteiger partial charge in [0.05, 0.1) is 29.9 Å². The standard InChI is InChI=1S/C21H22N4O4S/c1-25(2)30(27,28)19-10-6-16(7-11-19)21(26)22-13-17-12-20(24-14-23-17)15-4-8-18(29-3)9-5-15/h4-12,14H,13H2,1-3H3,(H,22,26). The molecule has 3 aromatic rings. The van der Waals surface area contributed by atoms with Crippen LogP contribution < -0.4 is 10.1 Å². The Kier molecular flexibility index (Phi) is 6.43. The first-order valence-corrected chi connectivity index (χ1v) is 10.5. The number of amides is 1. The molecule has 1 N–H and O–H groups in total. The third-order valence-electron chi connectivity index (χ3n) is 4.43. The highest BCUT2D eigenvalue weighted by molar-refractivity contribution is 7.89. The van der Waals surface area contributed by atoms with Crippen LogP contribution in [0, 0.1) is 0 Å². The van der Waals surface area contributed by atoms with E-state index in [-0.39, 0.29) is 17.3 Å². The average molecular weight is 426 g/mol. The van der Waals surface area contributed by atoms with Crippen molar-refractivity contribution < 1.29 is 17.9 Å². The highest BCUT2D eigenvalue weighted by Crippen LogP contribution is 2.20. The van der Waals surface area contributed by atoms with E-state index in [0.717, 1.165) is 21.3 Å². The van der Waals surface area contributed by atoms with Gasteiger partial charge in [-0.05, 0) is 54.6 Å². The van der Waals surface area contributed by atoms with Gasteiger partial charge in [-0.3, -0.25) is 4.79 Å². The Morgan fingerprint density at radius 1 is 1.03 bits per heavy atom. The first-order valence-electron chi connectivity index (χ1n) is 9.07. The summed E-state index contributed by atoms with van der Waals surface area (Å²) in [4.78, 5) is 21.0. The van der Waals surface area contributed by atoms with Crippen LogP contribution in [0.1, 0.15) is 16.1 Å². The Morgan fingerprint density at radius 3 is 2.30 bits per heavy atom. The van der Waals surface area contributed by atoms with E-state index in [9.17, 15) is 13.2 Å². The van der Waals surface area contributed by atoms with E-state index in [1.165, 1.54) is 44.7 Å². The molecule has 0 saturated heterocycles. The van der Waals surface area contributed by atoms with Crippen molar-refractivity contribution in [1.82, 2.24) is 19.6 Å². The molecule has 0 spiro atoms. The highest BCUT2D eigenvalue weighted by atomic mass is 32.2. The zero-order chi connectivity index (χ0) is 21.7. The minimum Gasteiger partial charge on any atom is -0.497 e. The molecule has 0 aliphatic rings. The zero-order valence-corrected chi connectivity index (χ0v) is 17.7. The van der Waals surface area contributed by atoms with Gasteiger partial charge in [0.2, 0.25) is 10.0 Å². The van der Waals surface area contributed by atoms with Gasteiger partial charge < -0.3 is 10.1 Å². The fourth-order valence-corrected chi connectivity index (χ4v) is 3.58. The number of aromatic nitrogens is 2. The molecule has 0 radical (unpaired) electrons. The molecular weight excluding hydrogens is 404 g/mol. The maximum Gasteiger partial charge on any atom is 0.251 e. The number of carbonyl (C=O) groups is 1. The van der Waals surface area contributed by atoms with Crippen LogP contribution in [0.25, 0.3) is 11.3 Å². The van der Waals surface area contributed by atoms with Crippen molar-refractivity contribution >= 4 is 15.9 Å². The Morgan fingerprint density at radius 2 is 1.70 bits per heavy atom. The van der Waals surface area contributed by atoms with Gasteiger partial charge in [-0.2, -0.15) is 0 Å². The van der Waals surface area contributed by atoms with Crippen LogP contribution in [0.15, 0.2) is 65.8 Å². The second-order valence-corrected chi connectivity index (χ2v) is 8.77. The Hall–Kier alpha value is -3.30. The van der Waals surface area contributed by atoms with Gasteiger partial charge in [0.15, 0.2) is 0 Å². The molecule has 0 bridgehead atoms. The molecule has 156 valence electrons. The Balaban J connectivity index is 1.67. The third-order valence-corrected chi connectivity index (χ3v) is 6.26. The molecule has 0 fully saturated rings. The van der Waals surface area contributed by atoms with E-state index in [1.807, 2.05) is 24.3 Å². The predicted molar refractivity (Wildman–Crippen MR) is 113 cm³/mol. The Labute approximate surface area is 175 Å². The molecule has 0 aliphatic heterocycles. The second-order valence-electron chi connectivity index (χ2n) is 6.62. The predicted octanol–water partition coefficient (Wildman–Crippen LogP) is 2.33. The summed E-state index contributed by atoms with van der Waals surface area (Å²) in [5, 5.41) is 2.78. The third kappa shape index (κ3) is 4.81. The van der Waals surface area contributed by atoms with Crippen molar-refractivity contribution in [2.45, 2.75) is 11.4 Å². The minimum atomic E-state index is -3.53. The molecule has 1 heterocycles. The van der Waals surface area contributed by atoms with Crippen LogP contribution in [-0.4, -0.2) is 49.8 Å². The van der Waals surface area contributed by atoms with Crippen LogP contribution in [-0.2, 0) is 16.6 Å². The lowest BCUT2D eigenvalue weighted by molar-refractivity contribution is 0.0950. The number of sulfonamides is 1. The van der Waals surface area contributed by atoms with Crippen molar-refractivity contribution in [3.63, 3.8) is 0 Å². The minimum absolute atomic E-state index is 0.129. The number of ether oxygens (including phenoxy) is 1. The highest BCUT2D eigenvalue weighted by Gasteiger charge is 2.17. The summed E-state index contributed by atoms with van der Waals surface area (Å²) in [6.45, 7) is 0.211. The fourth-order valence-electron chi connectivity index (χ4n) is 2.68. The van der Waals surface area contributed by atoms with E-state index in [4.69, 9.17) is 4.74 Å². The largest absolute Gasteiger partial charge is 0.497 e. The van der Waals surface area contributed by atoms with Gasteiger partial charge >= 0.3 is 0 Å². The SMILES string of the molecule is COc1ccc(-c2cc(CNC(=O)c3ccc(S(=O)(=O)N(C)C)cc3)ncn2)cc1. The number of hydrogen-bond acceptors (Lipinski definition) is 6. The first-order chi connectivity index (χ1) is 14.3. The van der Waals surface area contributed by atoms with Crippen LogP contribution in [0.3, 0.4) is 0 Å². The quantitative estimate of drug-likeness (QED) is 0.622. The molecule has 3 rings (SSSR count). The molecule has 30 heavy (non-hydrogen) atoms. The zero-order valence-electron chi connectivity index (χ0n) is 16.9.